The van der Waals surface area contributed by atoms with Gasteiger partial charge in [-0.3, -0.25) is 4.98 Å². The summed E-state index contributed by atoms with van der Waals surface area (Å²) in [6, 6.07) is 6.00. The number of rotatable bonds is 3. The van der Waals surface area contributed by atoms with E-state index in [0.29, 0.717) is 53.1 Å². The lowest BCUT2D eigenvalue weighted by Gasteiger charge is -2.48. The maximum atomic E-state index is 13.9. The van der Waals surface area contributed by atoms with E-state index in [4.69, 9.17) is 4.74 Å². The number of aliphatic hydroxyl groups is 1. The number of fused-ring (bicyclic) bond motifs is 2. The van der Waals surface area contributed by atoms with Crippen molar-refractivity contribution in [3.63, 3.8) is 0 Å². The number of likely N-dealkylation sites (tertiary alicyclic amines) is 1. The van der Waals surface area contributed by atoms with Crippen molar-refractivity contribution in [2.24, 2.45) is 0 Å². The quantitative estimate of drug-likeness (QED) is 0.471. The van der Waals surface area contributed by atoms with E-state index in [1.807, 2.05) is 20.8 Å². The van der Waals surface area contributed by atoms with E-state index in [1.165, 1.54) is 23.5 Å². The molecule has 2 aromatic heterocycles. The van der Waals surface area contributed by atoms with Crippen LogP contribution in [0.2, 0.25) is 0 Å². The van der Waals surface area contributed by atoms with Crippen molar-refractivity contribution in [2.45, 2.75) is 58.0 Å². The van der Waals surface area contributed by atoms with Gasteiger partial charge in [0.15, 0.2) is 0 Å². The van der Waals surface area contributed by atoms with Gasteiger partial charge >= 0.3 is 12.3 Å². The minimum atomic E-state index is -4.48. The summed E-state index contributed by atoms with van der Waals surface area (Å²) < 4.78 is 48.0. The first-order valence-electron chi connectivity index (χ1n) is 11.9. The highest BCUT2D eigenvalue weighted by Crippen LogP contribution is 2.46. The topological polar surface area (TPSA) is 65.9 Å². The molecule has 1 N–H and O–H groups in total. The van der Waals surface area contributed by atoms with E-state index >= 15 is 0 Å². The predicted molar refractivity (Wildman–Crippen MR) is 133 cm³/mol. The van der Waals surface area contributed by atoms with Crippen molar-refractivity contribution < 1.29 is 27.8 Å². The van der Waals surface area contributed by atoms with Crippen LogP contribution in [0.15, 0.2) is 30.5 Å². The summed E-state index contributed by atoms with van der Waals surface area (Å²) >= 11 is 1.34. The Kier molecular flexibility index (Phi) is 6.15. The Morgan fingerprint density at radius 3 is 2.61 bits per heavy atom. The van der Waals surface area contributed by atoms with Crippen LogP contribution >= 0.6 is 11.3 Å². The second-order valence-electron chi connectivity index (χ2n) is 10.3. The van der Waals surface area contributed by atoms with Gasteiger partial charge in [0, 0.05) is 47.5 Å². The highest BCUT2D eigenvalue weighted by molar-refractivity contribution is 7.19. The largest absolute Gasteiger partial charge is 0.444 e. The molecule has 1 fully saturated rings. The normalized spacial score (nSPS) is 16.8. The number of hydrogen-bond acceptors (Lipinski definition) is 6. The van der Waals surface area contributed by atoms with Gasteiger partial charge in [-0.15, -0.1) is 11.3 Å². The lowest BCUT2D eigenvalue weighted by atomic mass is 9.89. The molecule has 0 atom stereocenters. The minimum Gasteiger partial charge on any atom is -0.444 e. The average molecular weight is 520 g/mol. The van der Waals surface area contributed by atoms with Gasteiger partial charge in [-0.25, -0.2) is 4.79 Å². The highest BCUT2D eigenvalue weighted by Gasteiger charge is 2.41. The van der Waals surface area contributed by atoms with Crippen LogP contribution < -0.4 is 4.90 Å². The molecule has 0 radical (unpaired) electrons. The summed E-state index contributed by atoms with van der Waals surface area (Å²) in [5.74, 6) is 0. The Morgan fingerprint density at radius 2 is 1.94 bits per heavy atom. The number of aliphatic hydroxyl groups excluding tert-OH is 1. The van der Waals surface area contributed by atoms with Crippen LogP contribution in [0, 0.1) is 0 Å². The molecule has 0 spiro atoms. The molecular formula is C26H28F3N3O3S. The first-order valence-corrected chi connectivity index (χ1v) is 12.7. The van der Waals surface area contributed by atoms with Gasteiger partial charge in [0.25, 0.3) is 0 Å². The Balaban J connectivity index is 1.57. The van der Waals surface area contributed by atoms with Crippen molar-refractivity contribution in [3.05, 3.63) is 46.5 Å². The molecule has 0 bridgehead atoms. The number of ether oxygens (including phenoxy) is 1. The van der Waals surface area contributed by atoms with Gasteiger partial charge in [-0.2, -0.15) is 13.2 Å². The van der Waals surface area contributed by atoms with Gasteiger partial charge in [0.05, 0.1) is 28.4 Å². The molecule has 1 saturated heterocycles. The van der Waals surface area contributed by atoms with Gasteiger partial charge < -0.3 is 19.6 Å². The molecule has 1 aromatic carbocycles. The molecule has 1 amide bonds. The van der Waals surface area contributed by atoms with Crippen LogP contribution in [0.4, 0.5) is 23.7 Å². The smallest absolute Gasteiger partial charge is 0.416 e. The summed E-state index contributed by atoms with van der Waals surface area (Å²) in [6.07, 6.45) is -1.98. The molecule has 0 aliphatic carbocycles. The number of nitrogens with zero attached hydrogens (tertiary/aromatic N) is 3. The van der Waals surface area contributed by atoms with E-state index in [1.54, 1.807) is 23.2 Å². The lowest BCUT2D eigenvalue weighted by molar-refractivity contribution is -0.137. The third kappa shape index (κ3) is 4.64. The first kappa shape index (κ1) is 24.8. The van der Waals surface area contributed by atoms with Crippen molar-refractivity contribution in [2.75, 3.05) is 24.5 Å². The fraction of sp³-hybridized carbons (Fsp3) is 0.462. The number of anilines is 1. The molecule has 3 aromatic rings. The Hall–Kier alpha value is -2.85. The Labute approximate surface area is 211 Å². The molecule has 0 saturated carbocycles. The van der Waals surface area contributed by atoms with Crippen LogP contribution in [-0.2, 0) is 23.9 Å². The fourth-order valence-corrected chi connectivity index (χ4v) is 5.92. The standard InChI is InChI=1S/C26H28F3N3O3S/c1-25(2,3)35-24(34)31-12-17(13-31)32-8-4-5-15-9-16(26(27,28)29)10-20(22(15)32)19-6-7-30-21-11-18(14-33)36-23(19)21/h6-7,9-11,17,33H,4-5,8,12-14H2,1-3H3. The molecule has 192 valence electrons. The van der Waals surface area contributed by atoms with Crippen molar-refractivity contribution >= 4 is 33.3 Å². The number of carbonyl (C=O) groups excluding carboxylic acids is 1. The molecule has 36 heavy (non-hydrogen) atoms. The molecule has 10 heteroatoms. The summed E-state index contributed by atoms with van der Waals surface area (Å²) in [4.78, 5) is 21.3. The Morgan fingerprint density at radius 1 is 1.19 bits per heavy atom. The number of alkyl halides is 3. The molecule has 0 unspecified atom stereocenters. The number of aromatic nitrogens is 1. The number of thiophene rings is 1. The van der Waals surface area contributed by atoms with Crippen molar-refractivity contribution in [1.29, 1.82) is 0 Å². The second-order valence-corrected chi connectivity index (χ2v) is 11.4. The number of amides is 1. The van der Waals surface area contributed by atoms with Gasteiger partial charge in [0.2, 0.25) is 0 Å². The van der Waals surface area contributed by atoms with Crippen molar-refractivity contribution in [3.8, 4) is 11.1 Å². The van der Waals surface area contributed by atoms with Crippen LogP contribution in [0.25, 0.3) is 21.3 Å². The SMILES string of the molecule is CC(C)(C)OC(=O)N1CC(N2CCCc3cc(C(F)(F)F)cc(-c4ccnc5cc(CO)sc45)c32)C1. The predicted octanol–water partition coefficient (Wildman–Crippen LogP) is 5.85. The summed E-state index contributed by atoms with van der Waals surface area (Å²) in [5.41, 5.74) is 2.00. The number of benzene rings is 1. The zero-order chi connectivity index (χ0) is 25.8. The van der Waals surface area contributed by atoms with Crippen LogP contribution in [0.1, 0.15) is 43.2 Å². The molecule has 2 aliphatic heterocycles. The maximum absolute atomic E-state index is 13.9. The van der Waals surface area contributed by atoms with Gasteiger partial charge in [0.1, 0.15) is 5.60 Å². The summed E-state index contributed by atoms with van der Waals surface area (Å²) in [6.45, 7) is 6.89. The summed E-state index contributed by atoms with van der Waals surface area (Å²) in [5, 5.41) is 9.62. The third-order valence-corrected chi connectivity index (χ3v) is 7.65. The first-order chi connectivity index (χ1) is 16.9. The van der Waals surface area contributed by atoms with Gasteiger partial charge in [-0.1, -0.05) is 0 Å². The van der Waals surface area contributed by atoms with E-state index in [-0.39, 0.29) is 18.7 Å². The number of pyridine rings is 1. The molecule has 5 rings (SSSR count). The number of hydrogen-bond donors (Lipinski definition) is 1. The monoisotopic (exact) mass is 519 g/mol. The number of halogens is 3. The zero-order valence-electron chi connectivity index (χ0n) is 20.4. The molecule has 6 nitrogen and oxygen atoms in total. The van der Waals surface area contributed by atoms with Crippen molar-refractivity contribution in [1.82, 2.24) is 9.88 Å². The maximum Gasteiger partial charge on any atom is 0.416 e. The van der Waals surface area contributed by atoms with Crippen LogP contribution in [-0.4, -0.2) is 52.4 Å². The highest BCUT2D eigenvalue weighted by atomic mass is 32.1. The van der Waals surface area contributed by atoms with Gasteiger partial charge in [-0.05, 0) is 63.4 Å². The second kappa shape index (κ2) is 8.92. The molecule has 2 aliphatic rings. The van der Waals surface area contributed by atoms with E-state index in [9.17, 15) is 23.1 Å². The van der Waals surface area contributed by atoms with E-state index in [0.717, 1.165) is 16.8 Å². The Bertz CT molecular complexity index is 1310. The van der Waals surface area contributed by atoms with E-state index in [2.05, 4.69) is 9.88 Å². The number of aryl methyl sites for hydroxylation is 1. The van der Waals surface area contributed by atoms with Crippen LogP contribution in [0.5, 0.6) is 0 Å². The number of carbonyl (C=O) groups is 1. The average Bonchev–Trinajstić information content (AvgIpc) is 3.19. The molecule has 4 heterocycles. The van der Waals surface area contributed by atoms with E-state index < -0.39 is 17.3 Å². The third-order valence-electron chi connectivity index (χ3n) is 6.51. The fourth-order valence-electron chi connectivity index (χ4n) is 4.92. The minimum absolute atomic E-state index is 0.0132. The lowest BCUT2D eigenvalue weighted by Crippen LogP contribution is -2.62. The van der Waals surface area contributed by atoms with Crippen LogP contribution in [0.3, 0.4) is 0 Å². The molecular weight excluding hydrogens is 491 g/mol. The summed E-state index contributed by atoms with van der Waals surface area (Å²) in [7, 11) is 0. The zero-order valence-corrected chi connectivity index (χ0v) is 21.2.